The third-order valence-corrected chi connectivity index (χ3v) is 2.96. The Balaban J connectivity index is 2.18. The smallest absolute Gasteiger partial charge is 0.126 e. The summed E-state index contributed by atoms with van der Waals surface area (Å²) in [6, 6.07) is 6.66. The van der Waals surface area contributed by atoms with Crippen molar-refractivity contribution >= 4 is 11.3 Å². The van der Waals surface area contributed by atoms with Crippen molar-refractivity contribution in [1.29, 1.82) is 0 Å². The Morgan fingerprint density at radius 2 is 2.13 bits per heavy atom. The SMILES string of the molecule is OCc1csc(Cc2ccccc2F)n1. The largest absolute Gasteiger partial charge is 0.390 e. The monoisotopic (exact) mass is 223 g/mol. The van der Waals surface area contributed by atoms with Crippen molar-refractivity contribution in [3.05, 3.63) is 51.7 Å². The Morgan fingerprint density at radius 3 is 2.80 bits per heavy atom. The van der Waals surface area contributed by atoms with Crippen molar-refractivity contribution < 1.29 is 9.50 Å². The van der Waals surface area contributed by atoms with Crippen LogP contribution in [-0.2, 0) is 13.0 Å². The van der Waals surface area contributed by atoms with Gasteiger partial charge in [-0.2, -0.15) is 0 Å². The van der Waals surface area contributed by atoms with Gasteiger partial charge in [-0.15, -0.1) is 11.3 Å². The zero-order chi connectivity index (χ0) is 10.7. The number of rotatable bonds is 3. The fourth-order valence-corrected chi connectivity index (χ4v) is 2.12. The second-order valence-corrected chi connectivity index (χ2v) is 4.10. The lowest BCUT2D eigenvalue weighted by molar-refractivity contribution is 0.277. The maximum absolute atomic E-state index is 13.3. The van der Waals surface area contributed by atoms with Gasteiger partial charge in [-0.25, -0.2) is 9.37 Å². The predicted molar refractivity (Wildman–Crippen MR) is 57.2 cm³/mol. The van der Waals surface area contributed by atoms with E-state index in [1.807, 2.05) is 0 Å². The Bertz CT molecular complexity index is 455. The molecule has 1 aromatic carbocycles. The van der Waals surface area contributed by atoms with Gasteiger partial charge in [0.15, 0.2) is 0 Å². The van der Waals surface area contributed by atoms with E-state index in [1.54, 1.807) is 23.6 Å². The molecule has 4 heteroatoms. The van der Waals surface area contributed by atoms with E-state index in [-0.39, 0.29) is 12.4 Å². The first-order chi connectivity index (χ1) is 7.29. The van der Waals surface area contributed by atoms with Crippen LogP contribution in [0.4, 0.5) is 4.39 Å². The van der Waals surface area contributed by atoms with Gasteiger partial charge in [0.2, 0.25) is 0 Å². The summed E-state index contributed by atoms with van der Waals surface area (Å²) in [5.41, 5.74) is 1.28. The van der Waals surface area contributed by atoms with Crippen LogP contribution in [0.25, 0.3) is 0 Å². The molecule has 0 aliphatic rings. The molecule has 0 saturated heterocycles. The highest BCUT2D eigenvalue weighted by Crippen LogP contribution is 2.16. The first-order valence-electron chi connectivity index (χ1n) is 4.57. The Labute approximate surface area is 91.0 Å². The third kappa shape index (κ3) is 2.40. The molecule has 2 rings (SSSR count). The van der Waals surface area contributed by atoms with Gasteiger partial charge in [-0.3, -0.25) is 0 Å². The molecule has 2 nitrogen and oxygen atoms in total. The third-order valence-electron chi connectivity index (χ3n) is 2.06. The summed E-state index contributed by atoms with van der Waals surface area (Å²) in [5, 5.41) is 11.5. The van der Waals surface area contributed by atoms with Gasteiger partial charge >= 0.3 is 0 Å². The Hall–Kier alpha value is -1.26. The molecule has 1 aromatic heterocycles. The Morgan fingerprint density at radius 1 is 1.33 bits per heavy atom. The highest BCUT2D eigenvalue weighted by Gasteiger charge is 2.05. The van der Waals surface area contributed by atoms with E-state index in [4.69, 9.17) is 5.11 Å². The molecule has 0 spiro atoms. The van der Waals surface area contributed by atoms with Gasteiger partial charge < -0.3 is 5.11 Å². The van der Waals surface area contributed by atoms with Gasteiger partial charge in [-0.1, -0.05) is 18.2 Å². The standard InChI is InChI=1S/C11H10FNOS/c12-10-4-2-1-3-8(10)5-11-13-9(6-14)7-15-11/h1-4,7,14H,5-6H2. The topological polar surface area (TPSA) is 33.1 Å². The number of benzene rings is 1. The van der Waals surface area contributed by atoms with Crippen LogP contribution in [0.3, 0.4) is 0 Å². The summed E-state index contributed by atoms with van der Waals surface area (Å²) in [6.45, 7) is -0.0617. The predicted octanol–water partition coefficient (Wildman–Crippen LogP) is 2.37. The minimum Gasteiger partial charge on any atom is -0.390 e. The summed E-state index contributed by atoms with van der Waals surface area (Å²) in [4.78, 5) is 4.17. The van der Waals surface area contributed by atoms with Crippen LogP contribution in [0.5, 0.6) is 0 Å². The molecule has 1 N–H and O–H groups in total. The number of aliphatic hydroxyl groups is 1. The zero-order valence-electron chi connectivity index (χ0n) is 7.98. The highest BCUT2D eigenvalue weighted by atomic mass is 32.1. The normalized spacial score (nSPS) is 10.5. The Kier molecular flexibility index (Phi) is 3.08. The zero-order valence-corrected chi connectivity index (χ0v) is 8.80. The number of halogens is 1. The molecule has 0 saturated carbocycles. The molecular formula is C11H10FNOS. The minimum atomic E-state index is -0.210. The average Bonchev–Trinajstić information content (AvgIpc) is 2.69. The summed E-state index contributed by atoms with van der Waals surface area (Å²) in [7, 11) is 0. The van der Waals surface area contributed by atoms with E-state index >= 15 is 0 Å². The number of thiazole rings is 1. The van der Waals surface area contributed by atoms with Crippen LogP contribution in [-0.4, -0.2) is 10.1 Å². The number of nitrogens with zero attached hydrogens (tertiary/aromatic N) is 1. The van der Waals surface area contributed by atoms with Crippen LogP contribution in [0, 0.1) is 5.82 Å². The number of aromatic nitrogens is 1. The lowest BCUT2D eigenvalue weighted by Gasteiger charge is -1.98. The van der Waals surface area contributed by atoms with Crippen LogP contribution in [0.1, 0.15) is 16.3 Å². The van der Waals surface area contributed by atoms with Crippen molar-refractivity contribution in [3.8, 4) is 0 Å². The number of hydrogen-bond acceptors (Lipinski definition) is 3. The molecule has 0 bridgehead atoms. The van der Waals surface area contributed by atoms with Gasteiger partial charge in [0, 0.05) is 11.8 Å². The molecular weight excluding hydrogens is 213 g/mol. The van der Waals surface area contributed by atoms with Crippen molar-refractivity contribution in [3.63, 3.8) is 0 Å². The molecule has 0 aliphatic heterocycles. The summed E-state index contributed by atoms with van der Waals surface area (Å²) in [5.74, 6) is -0.210. The minimum absolute atomic E-state index is 0.0617. The first kappa shape index (κ1) is 10.3. The van der Waals surface area contributed by atoms with E-state index in [1.165, 1.54) is 17.4 Å². The van der Waals surface area contributed by atoms with Crippen LogP contribution >= 0.6 is 11.3 Å². The number of aliphatic hydroxyl groups excluding tert-OH is 1. The lowest BCUT2D eigenvalue weighted by atomic mass is 10.1. The van der Waals surface area contributed by atoms with Gasteiger partial charge in [0.25, 0.3) is 0 Å². The van der Waals surface area contributed by atoms with Crippen LogP contribution < -0.4 is 0 Å². The summed E-state index contributed by atoms with van der Waals surface area (Å²) >= 11 is 1.44. The molecule has 0 amide bonds. The first-order valence-corrected chi connectivity index (χ1v) is 5.45. The van der Waals surface area contributed by atoms with E-state index in [0.29, 0.717) is 17.7 Å². The van der Waals surface area contributed by atoms with Crippen molar-refractivity contribution in [1.82, 2.24) is 4.98 Å². The van der Waals surface area contributed by atoms with Crippen molar-refractivity contribution in [2.75, 3.05) is 0 Å². The molecule has 78 valence electrons. The van der Waals surface area contributed by atoms with E-state index < -0.39 is 0 Å². The molecule has 0 radical (unpaired) electrons. The molecule has 0 aliphatic carbocycles. The fourth-order valence-electron chi connectivity index (χ4n) is 1.31. The average molecular weight is 223 g/mol. The molecule has 0 fully saturated rings. The number of hydrogen-bond donors (Lipinski definition) is 1. The maximum atomic E-state index is 13.3. The van der Waals surface area contributed by atoms with E-state index in [0.717, 1.165) is 5.01 Å². The molecule has 2 aromatic rings. The van der Waals surface area contributed by atoms with Gasteiger partial charge in [0.1, 0.15) is 5.82 Å². The maximum Gasteiger partial charge on any atom is 0.126 e. The van der Waals surface area contributed by atoms with E-state index in [2.05, 4.69) is 4.98 Å². The van der Waals surface area contributed by atoms with Crippen molar-refractivity contribution in [2.24, 2.45) is 0 Å². The summed E-state index contributed by atoms with van der Waals surface area (Å²) < 4.78 is 13.3. The van der Waals surface area contributed by atoms with Crippen LogP contribution in [0.2, 0.25) is 0 Å². The molecule has 0 unspecified atom stereocenters. The molecule has 0 atom stereocenters. The fraction of sp³-hybridized carbons (Fsp3) is 0.182. The summed E-state index contributed by atoms with van der Waals surface area (Å²) in [6.07, 6.45) is 0.483. The van der Waals surface area contributed by atoms with Gasteiger partial charge in [0.05, 0.1) is 17.3 Å². The second-order valence-electron chi connectivity index (χ2n) is 3.16. The lowest BCUT2D eigenvalue weighted by Crippen LogP contribution is -1.92. The second kappa shape index (κ2) is 4.51. The van der Waals surface area contributed by atoms with Crippen molar-refractivity contribution in [2.45, 2.75) is 13.0 Å². The highest BCUT2D eigenvalue weighted by molar-refractivity contribution is 7.09. The molecule has 15 heavy (non-hydrogen) atoms. The van der Waals surface area contributed by atoms with Crippen LogP contribution in [0.15, 0.2) is 29.6 Å². The molecule has 1 heterocycles. The van der Waals surface area contributed by atoms with E-state index in [9.17, 15) is 4.39 Å². The van der Waals surface area contributed by atoms with Gasteiger partial charge in [-0.05, 0) is 11.6 Å². The quantitative estimate of drug-likeness (QED) is 0.866.